The zero-order chi connectivity index (χ0) is 31.8. The molecule has 46 heavy (non-hydrogen) atoms. The minimum atomic E-state index is -0.385. The highest BCUT2D eigenvalue weighted by Crippen LogP contribution is 2.28. The number of benzene rings is 2. The molecule has 252 valence electrons. The number of halogens is 1. The molecule has 5 rings (SSSR count). The zero-order valence-corrected chi connectivity index (χ0v) is 28.4. The van der Waals surface area contributed by atoms with Crippen LogP contribution < -0.4 is 10.5 Å². The van der Waals surface area contributed by atoms with Crippen molar-refractivity contribution < 1.29 is 4.39 Å². The van der Waals surface area contributed by atoms with Crippen LogP contribution in [0.2, 0.25) is 0 Å². The van der Waals surface area contributed by atoms with Crippen LogP contribution in [-0.4, -0.2) is 47.1 Å². The van der Waals surface area contributed by atoms with Gasteiger partial charge in [-0.25, -0.2) is 9.37 Å². The Bertz CT molecular complexity index is 1370. The van der Waals surface area contributed by atoms with Crippen molar-refractivity contribution in [1.82, 2.24) is 14.9 Å². The van der Waals surface area contributed by atoms with Crippen LogP contribution in [0, 0.1) is 5.82 Å². The van der Waals surface area contributed by atoms with Crippen LogP contribution in [-0.2, 0) is 0 Å². The molecule has 0 radical (unpaired) electrons. The fourth-order valence-electron chi connectivity index (χ4n) is 7.70. The maximum absolute atomic E-state index is 14.5. The topological polar surface area (TPSA) is 52.2 Å². The number of fused-ring (bicyclic) bond motifs is 4. The van der Waals surface area contributed by atoms with Gasteiger partial charge in [0.25, 0.3) is 5.56 Å². The molecule has 2 atom stereocenters. The Kier molecular flexibility index (Phi) is 14.4. The summed E-state index contributed by atoms with van der Waals surface area (Å²) in [5, 5.41) is 0.573. The van der Waals surface area contributed by atoms with Gasteiger partial charge in [-0.3, -0.25) is 4.79 Å². The number of nitrogens with one attached hydrogen (secondary N) is 1. The number of aromatic nitrogens is 2. The van der Waals surface area contributed by atoms with Gasteiger partial charge in [0, 0.05) is 31.4 Å². The summed E-state index contributed by atoms with van der Waals surface area (Å²) in [6.07, 6.45) is 28.8. The Morgan fingerprint density at radius 1 is 0.630 bits per heavy atom. The largest absolute Gasteiger partial charge is 0.367 e. The molecule has 3 aromatic rings. The normalized spacial score (nSPS) is 22.9. The van der Waals surface area contributed by atoms with Crippen LogP contribution in [0.15, 0.2) is 47.3 Å². The zero-order valence-electron chi connectivity index (χ0n) is 28.4. The van der Waals surface area contributed by atoms with Gasteiger partial charge in [0.2, 0.25) is 0 Å². The van der Waals surface area contributed by atoms with E-state index < -0.39 is 0 Å². The van der Waals surface area contributed by atoms with Crippen molar-refractivity contribution in [3.63, 3.8) is 0 Å². The van der Waals surface area contributed by atoms with E-state index in [0.29, 0.717) is 22.5 Å². The van der Waals surface area contributed by atoms with Crippen LogP contribution in [0.5, 0.6) is 0 Å². The van der Waals surface area contributed by atoms with Gasteiger partial charge in [0.15, 0.2) is 0 Å². The lowest BCUT2D eigenvalue weighted by molar-refractivity contribution is 0.281. The van der Waals surface area contributed by atoms with E-state index >= 15 is 0 Å². The monoisotopic (exact) mass is 630 g/mol. The van der Waals surface area contributed by atoms with Crippen molar-refractivity contribution >= 4 is 16.6 Å². The molecule has 2 unspecified atom stereocenters. The Labute approximate surface area is 277 Å². The molecule has 2 aromatic carbocycles. The fraction of sp³-hybridized carbons (Fsp3) is 0.650. The predicted molar refractivity (Wildman–Crippen MR) is 192 cm³/mol. The van der Waals surface area contributed by atoms with Crippen LogP contribution in [0.4, 0.5) is 10.1 Å². The number of aromatic amines is 1. The highest BCUT2D eigenvalue weighted by Gasteiger charge is 2.25. The molecule has 1 aromatic heterocycles. The summed E-state index contributed by atoms with van der Waals surface area (Å²) >= 11 is 0. The number of anilines is 1. The molecule has 0 amide bonds. The quantitative estimate of drug-likeness (QED) is 0.306. The first kappa shape index (κ1) is 34.6. The molecule has 0 spiro atoms. The molecular weight excluding hydrogens is 571 g/mol. The van der Waals surface area contributed by atoms with Crippen molar-refractivity contribution in [3.05, 3.63) is 58.6 Å². The molecular formula is C40H59FN4O. The van der Waals surface area contributed by atoms with Gasteiger partial charge < -0.3 is 14.8 Å². The van der Waals surface area contributed by atoms with Crippen molar-refractivity contribution in [2.75, 3.05) is 31.1 Å². The second-order valence-electron chi connectivity index (χ2n) is 14.1. The summed E-state index contributed by atoms with van der Waals surface area (Å²) in [4.78, 5) is 26.1. The molecule has 5 nitrogen and oxygen atoms in total. The fourth-order valence-corrected chi connectivity index (χ4v) is 7.70. The van der Waals surface area contributed by atoms with Gasteiger partial charge in [-0.2, -0.15) is 0 Å². The highest BCUT2D eigenvalue weighted by atomic mass is 19.1. The third kappa shape index (κ3) is 10.7. The maximum atomic E-state index is 14.5. The van der Waals surface area contributed by atoms with Gasteiger partial charge in [-0.05, 0) is 56.1 Å². The Morgan fingerprint density at radius 2 is 1.22 bits per heavy atom. The first-order valence-electron chi connectivity index (χ1n) is 19.0. The van der Waals surface area contributed by atoms with E-state index in [9.17, 15) is 9.18 Å². The maximum Gasteiger partial charge on any atom is 0.259 e. The number of nitrogens with zero attached hydrogens (tertiary/aromatic N) is 3. The standard InChI is InChI=1S/C40H59FN4O/c41-37-24-20-19-23-35(37)39-42-38-26-25-34(32-36(38)40(46)43-39)45-31-30-44-28-21-17-15-13-11-9-7-5-3-1-2-4-6-8-10-12-14-16-18-22-33(45)27-29-44/h19-20,23-26,32-33H,1-18,21-22,27-31H2,(H,42,43,46). The lowest BCUT2D eigenvalue weighted by Gasteiger charge is -2.32. The van der Waals surface area contributed by atoms with E-state index in [2.05, 4.69) is 25.8 Å². The molecule has 3 heterocycles. The Hall–Kier alpha value is -2.73. The van der Waals surface area contributed by atoms with Crippen molar-refractivity contribution in [2.45, 2.75) is 141 Å². The molecule has 0 aliphatic carbocycles. The second kappa shape index (κ2) is 19.2. The van der Waals surface area contributed by atoms with Crippen molar-refractivity contribution in [2.24, 2.45) is 0 Å². The van der Waals surface area contributed by atoms with Crippen molar-refractivity contribution in [1.29, 1.82) is 0 Å². The van der Waals surface area contributed by atoms with Crippen LogP contribution >= 0.6 is 0 Å². The molecule has 2 aliphatic rings. The number of H-pyrrole nitrogens is 1. The Balaban J connectivity index is 1.25. The second-order valence-corrected chi connectivity index (χ2v) is 14.1. The summed E-state index contributed by atoms with van der Waals surface area (Å²) in [6, 6.07) is 13.0. The van der Waals surface area contributed by atoms with E-state index in [0.717, 1.165) is 25.3 Å². The highest BCUT2D eigenvalue weighted by molar-refractivity contribution is 5.83. The Morgan fingerprint density at radius 3 is 1.85 bits per heavy atom. The van der Waals surface area contributed by atoms with Crippen LogP contribution in [0.1, 0.15) is 135 Å². The SMILES string of the molecule is O=c1[nH]c(-c2ccccc2F)nc2ccc(N3CCN4CCCCCCCCCCCCCCCCCCCCCC3CC4)cc12. The minimum absolute atomic E-state index is 0.213. The molecule has 6 heteroatoms. The summed E-state index contributed by atoms with van der Waals surface area (Å²) in [5.41, 5.74) is 1.82. The first-order chi connectivity index (χ1) is 22.7. The summed E-state index contributed by atoms with van der Waals surface area (Å²) in [6.45, 7) is 4.40. The molecule has 0 saturated carbocycles. The number of hydrogen-bond donors (Lipinski definition) is 1. The summed E-state index contributed by atoms with van der Waals surface area (Å²) < 4.78 is 14.5. The van der Waals surface area contributed by atoms with E-state index in [1.54, 1.807) is 18.2 Å². The molecule has 2 fully saturated rings. The molecule has 2 aliphatic heterocycles. The van der Waals surface area contributed by atoms with Gasteiger partial charge in [0.05, 0.1) is 16.5 Å². The smallest absolute Gasteiger partial charge is 0.259 e. The summed E-state index contributed by atoms with van der Waals surface area (Å²) in [7, 11) is 0. The average molecular weight is 631 g/mol. The summed E-state index contributed by atoms with van der Waals surface area (Å²) in [5.74, 6) is -0.106. The lowest BCUT2D eigenvalue weighted by Crippen LogP contribution is -2.36. The van der Waals surface area contributed by atoms with Crippen LogP contribution in [0.3, 0.4) is 0 Å². The lowest BCUT2D eigenvalue weighted by atomic mass is 10.0. The van der Waals surface area contributed by atoms with Crippen molar-refractivity contribution in [3.8, 4) is 11.4 Å². The first-order valence-corrected chi connectivity index (χ1v) is 19.0. The van der Waals surface area contributed by atoms with E-state index in [1.165, 1.54) is 147 Å². The minimum Gasteiger partial charge on any atom is -0.367 e. The van der Waals surface area contributed by atoms with Crippen LogP contribution in [0.25, 0.3) is 22.3 Å². The molecule has 1 N–H and O–H groups in total. The van der Waals surface area contributed by atoms with Gasteiger partial charge in [-0.1, -0.05) is 128 Å². The molecule has 2 bridgehead atoms. The van der Waals surface area contributed by atoms with Gasteiger partial charge in [-0.15, -0.1) is 0 Å². The van der Waals surface area contributed by atoms with Gasteiger partial charge >= 0.3 is 0 Å². The number of hydrogen-bond acceptors (Lipinski definition) is 4. The number of rotatable bonds is 2. The predicted octanol–water partition coefficient (Wildman–Crippen LogP) is 10.4. The van der Waals surface area contributed by atoms with Gasteiger partial charge in [0.1, 0.15) is 11.6 Å². The van der Waals surface area contributed by atoms with E-state index in [1.807, 2.05) is 12.1 Å². The third-order valence-corrected chi connectivity index (χ3v) is 10.5. The third-order valence-electron chi connectivity index (χ3n) is 10.5. The average Bonchev–Trinajstić information content (AvgIpc) is 3.27. The van der Waals surface area contributed by atoms with E-state index in [4.69, 9.17) is 0 Å². The van der Waals surface area contributed by atoms with E-state index in [-0.39, 0.29) is 17.2 Å². The molecule has 2 saturated heterocycles.